The first-order valence-electron chi connectivity index (χ1n) is 15.9. The highest BCUT2D eigenvalue weighted by atomic mass is 16.5. The second kappa shape index (κ2) is 9.65. The summed E-state index contributed by atoms with van der Waals surface area (Å²) >= 11 is 0. The zero-order chi connectivity index (χ0) is 28.5. The SMILES string of the molecule is CCOC(=O)[C@]1(C)CCC[C@@]2(C)[C@@H]3CC[C@@]4(C)C[C@]3(CC[C@@H]21)C[C@H]4OCc1cn(-c2cccc3ccccc23)nn1. The van der Waals surface area contributed by atoms with Crippen LogP contribution >= 0.6 is 0 Å². The molecular weight excluding hydrogens is 510 g/mol. The van der Waals surface area contributed by atoms with Gasteiger partial charge in [0.2, 0.25) is 0 Å². The van der Waals surface area contributed by atoms with E-state index in [0.29, 0.717) is 30.5 Å². The maximum atomic E-state index is 13.3. The van der Waals surface area contributed by atoms with Crippen LogP contribution in [0.15, 0.2) is 48.7 Å². The normalized spacial score (nSPS) is 37.9. The molecule has 3 aromatic rings. The zero-order valence-corrected chi connectivity index (χ0v) is 25.2. The fraction of sp³-hybridized carbons (Fsp3) is 0.629. The van der Waals surface area contributed by atoms with Gasteiger partial charge in [-0.1, -0.05) is 61.9 Å². The van der Waals surface area contributed by atoms with Crippen LogP contribution in [0.1, 0.15) is 91.2 Å². The van der Waals surface area contributed by atoms with E-state index in [-0.39, 0.29) is 28.3 Å². The molecule has 1 heterocycles. The molecule has 1 aromatic heterocycles. The Morgan fingerprint density at radius 1 is 1.00 bits per heavy atom. The zero-order valence-electron chi connectivity index (χ0n) is 25.2. The van der Waals surface area contributed by atoms with E-state index in [1.54, 1.807) is 0 Å². The van der Waals surface area contributed by atoms with Gasteiger partial charge in [-0.25, -0.2) is 4.68 Å². The number of esters is 1. The van der Waals surface area contributed by atoms with Gasteiger partial charge in [0.15, 0.2) is 0 Å². The predicted molar refractivity (Wildman–Crippen MR) is 159 cm³/mol. The summed E-state index contributed by atoms with van der Waals surface area (Å²) in [5, 5.41) is 11.3. The second-order valence-corrected chi connectivity index (χ2v) is 14.5. The molecule has 2 aromatic carbocycles. The number of fused-ring (bicyclic) bond motifs is 4. The minimum Gasteiger partial charge on any atom is -0.466 e. The van der Waals surface area contributed by atoms with Crippen LogP contribution in [0.2, 0.25) is 0 Å². The maximum absolute atomic E-state index is 13.3. The number of carbonyl (C=O) groups is 1. The van der Waals surface area contributed by atoms with Gasteiger partial charge in [0.1, 0.15) is 5.69 Å². The molecule has 0 N–H and O–H groups in total. The van der Waals surface area contributed by atoms with Gasteiger partial charge in [0.25, 0.3) is 0 Å². The van der Waals surface area contributed by atoms with Crippen molar-refractivity contribution < 1.29 is 14.3 Å². The highest BCUT2D eigenvalue weighted by Crippen LogP contribution is 2.74. The average Bonchev–Trinajstić information content (AvgIpc) is 3.51. The first-order chi connectivity index (χ1) is 19.7. The second-order valence-electron chi connectivity index (χ2n) is 14.5. The molecule has 0 aliphatic heterocycles. The van der Waals surface area contributed by atoms with E-state index in [0.717, 1.165) is 37.1 Å². The van der Waals surface area contributed by atoms with Gasteiger partial charge in [-0.05, 0) is 105 Å². The lowest BCUT2D eigenvalue weighted by Crippen LogP contribution is -2.58. The Bertz CT molecular complexity index is 1460. The Morgan fingerprint density at radius 2 is 1.80 bits per heavy atom. The van der Waals surface area contributed by atoms with Crippen LogP contribution in [0.3, 0.4) is 0 Å². The van der Waals surface area contributed by atoms with Crippen molar-refractivity contribution in [3.8, 4) is 5.69 Å². The van der Waals surface area contributed by atoms with Gasteiger partial charge in [0, 0.05) is 5.39 Å². The summed E-state index contributed by atoms with van der Waals surface area (Å²) in [5.74, 6) is 1.10. The van der Waals surface area contributed by atoms with Crippen molar-refractivity contribution >= 4 is 16.7 Å². The largest absolute Gasteiger partial charge is 0.466 e. The van der Waals surface area contributed by atoms with E-state index in [1.807, 2.05) is 17.8 Å². The molecule has 7 atom stereocenters. The molecular formula is C35H45N3O3. The van der Waals surface area contributed by atoms with Crippen LogP contribution in [0.5, 0.6) is 0 Å². The summed E-state index contributed by atoms with van der Waals surface area (Å²) in [4.78, 5) is 13.3. The molecule has 0 amide bonds. The van der Waals surface area contributed by atoms with Gasteiger partial charge in [0.05, 0.1) is 36.6 Å². The summed E-state index contributed by atoms with van der Waals surface area (Å²) < 4.78 is 14.3. The highest BCUT2D eigenvalue weighted by molar-refractivity contribution is 5.89. The highest BCUT2D eigenvalue weighted by Gasteiger charge is 2.68. The lowest BCUT2D eigenvalue weighted by Gasteiger charge is -2.64. The topological polar surface area (TPSA) is 66.2 Å². The first kappa shape index (κ1) is 27.1. The predicted octanol–water partition coefficient (Wildman–Crippen LogP) is 7.67. The van der Waals surface area contributed by atoms with Gasteiger partial charge >= 0.3 is 5.97 Å². The summed E-state index contributed by atoms with van der Waals surface area (Å²) in [6.45, 7) is 10.1. The van der Waals surface area contributed by atoms with E-state index in [1.165, 1.54) is 42.9 Å². The van der Waals surface area contributed by atoms with E-state index in [2.05, 4.69) is 73.5 Å². The molecule has 41 heavy (non-hydrogen) atoms. The van der Waals surface area contributed by atoms with Crippen molar-refractivity contribution in [2.24, 2.45) is 33.5 Å². The van der Waals surface area contributed by atoms with Gasteiger partial charge < -0.3 is 9.47 Å². The third kappa shape index (κ3) is 4.11. The van der Waals surface area contributed by atoms with Crippen LogP contribution in [0.25, 0.3) is 16.5 Å². The molecule has 0 saturated heterocycles. The molecule has 7 rings (SSSR count). The molecule has 1 spiro atoms. The first-order valence-corrected chi connectivity index (χ1v) is 15.9. The molecule has 0 radical (unpaired) electrons. The van der Waals surface area contributed by atoms with Crippen molar-refractivity contribution in [3.63, 3.8) is 0 Å². The standard InChI is InChI=1S/C35H45N3O3/c1-5-40-31(39)34(4)17-9-16-33(3)28(34)15-19-35-20-30(32(2,23-35)18-14-29(33)35)41-22-25-21-38(37-36-25)27-13-8-11-24-10-6-7-12-26(24)27/h6-8,10-13,21,28-30H,5,9,14-20,22-23H2,1-4H3/t28-,29-,30+,32-,33+,34+,35-/m0/s1. The van der Waals surface area contributed by atoms with Crippen molar-refractivity contribution in [1.82, 2.24) is 15.0 Å². The van der Waals surface area contributed by atoms with E-state index in [9.17, 15) is 4.79 Å². The minimum absolute atomic E-state index is 0.0386. The summed E-state index contributed by atoms with van der Waals surface area (Å²) in [6, 6.07) is 14.7. The molecule has 4 saturated carbocycles. The monoisotopic (exact) mass is 555 g/mol. The molecule has 6 nitrogen and oxygen atoms in total. The smallest absolute Gasteiger partial charge is 0.312 e. The van der Waals surface area contributed by atoms with Crippen LogP contribution < -0.4 is 0 Å². The Kier molecular flexibility index (Phi) is 6.39. The Balaban J connectivity index is 1.09. The Hall–Kier alpha value is -2.73. The van der Waals surface area contributed by atoms with E-state index < -0.39 is 0 Å². The molecule has 218 valence electrons. The summed E-state index contributed by atoms with van der Waals surface area (Å²) in [5.41, 5.74) is 2.27. The number of nitrogens with zero attached hydrogens (tertiary/aromatic N) is 3. The fourth-order valence-electron chi connectivity index (χ4n) is 10.6. The van der Waals surface area contributed by atoms with Gasteiger partial charge in [-0.3, -0.25) is 4.79 Å². The van der Waals surface area contributed by atoms with Crippen molar-refractivity contribution in [3.05, 3.63) is 54.4 Å². The molecule has 6 heteroatoms. The molecule has 2 bridgehead atoms. The van der Waals surface area contributed by atoms with Crippen molar-refractivity contribution in [1.29, 1.82) is 0 Å². The van der Waals surface area contributed by atoms with Crippen LogP contribution in [-0.4, -0.2) is 33.7 Å². The van der Waals surface area contributed by atoms with Gasteiger partial charge in [-0.15, -0.1) is 5.10 Å². The van der Waals surface area contributed by atoms with E-state index >= 15 is 0 Å². The maximum Gasteiger partial charge on any atom is 0.312 e. The average molecular weight is 556 g/mol. The number of ether oxygens (including phenoxy) is 2. The summed E-state index contributed by atoms with van der Waals surface area (Å²) in [6.07, 6.45) is 12.7. The number of hydrogen-bond donors (Lipinski definition) is 0. The van der Waals surface area contributed by atoms with Crippen molar-refractivity contribution in [2.45, 2.75) is 98.2 Å². The minimum atomic E-state index is -0.351. The number of rotatable bonds is 6. The fourth-order valence-corrected chi connectivity index (χ4v) is 10.6. The number of hydrogen-bond acceptors (Lipinski definition) is 5. The molecule has 4 aliphatic carbocycles. The van der Waals surface area contributed by atoms with Crippen molar-refractivity contribution in [2.75, 3.05) is 6.61 Å². The molecule has 4 aliphatic rings. The number of aromatic nitrogens is 3. The third-order valence-electron chi connectivity index (χ3n) is 12.3. The quantitative estimate of drug-likeness (QED) is 0.292. The van der Waals surface area contributed by atoms with Crippen LogP contribution in [-0.2, 0) is 20.9 Å². The van der Waals surface area contributed by atoms with Gasteiger partial charge in [-0.2, -0.15) is 0 Å². The lowest BCUT2D eigenvalue weighted by molar-refractivity contribution is -0.187. The summed E-state index contributed by atoms with van der Waals surface area (Å²) in [7, 11) is 0. The molecule has 0 unspecified atom stereocenters. The third-order valence-corrected chi connectivity index (χ3v) is 12.3. The lowest BCUT2D eigenvalue weighted by atomic mass is 9.40. The molecule has 4 fully saturated rings. The van der Waals surface area contributed by atoms with Crippen LogP contribution in [0.4, 0.5) is 0 Å². The number of carbonyl (C=O) groups excluding carboxylic acids is 1. The Labute approximate surface area is 244 Å². The van der Waals surface area contributed by atoms with Crippen LogP contribution in [0, 0.1) is 33.5 Å². The Morgan fingerprint density at radius 3 is 2.66 bits per heavy atom. The van der Waals surface area contributed by atoms with E-state index in [4.69, 9.17) is 9.47 Å². The number of benzene rings is 2.